The van der Waals surface area contributed by atoms with Crippen LogP contribution in [0.1, 0.15) is 18.5 Å². The molecule has 0 N–H and O–H groups in total. The predicted octanol–water partition coefficient (Wildman–Crippen LogP) is 7.61. The second kappa shape index (κ2) is 15.8. The molecule has 1 atom stereocenters. The molecule has 0 aliphatic rings. The van der Waals surface area contributed by atoms with E-state index in [-0.39, 0.29) is 23.1 Å². The standard InChI is InChI=1S/C32H30NP2.C5H5.Fe/c1-26(33(2)35(29-20-11-5-12-21-29)30-22-13-6-14-23-30)31-24-15-25-32(31)34(27-16-7-3-8-17-27)28-18-9-4-10-19-28;1-2-4-5-3-1;/h3-26H,1-2H3;1-5H;/q-1;-5;/t26-;;/m1../s1. The largest absolute Gasteiger partial charge is 0.748 e. The van der Waals surface area contributed by atoms with Crippen LogP contribution in [0.2, 0.25) is 0 Å². The van der Waals surface area contributed by atoms with Gasteiger partial charge in [0, 0.05) is 25.1 Å². The summed E-state index contributed by atoms with van der Waals surface area (Å²) in [4.78, 5) is 0. The Morgan fingerprint density at radius 1 is 0.537 bits per heavy atom. The van der Waals surface area contributed by atoms with E-state index in [1.54, 1.807) is 0 Å². The van der Waals surface area contributed by atoms with Crippen molar-refractivity contribution >= 4 is 42.5 Å². The fourth-order valence-corrected chi connectivity index (χ4v) is 9.87. The Morgan fingerprint density at radius 3 is 1.29 bits per heavy atom. The molecule has 41 heavy (non-hydrogen) atoms. The average Bonchev–Trinajstić information content (AvgIpc) is 3.76. The minimum atomic E-state index is -0.656. The van der Waals surface area contributed by atoms with Gasteiger partial charge in [0.2, 0.25) is 0 Å². The fourth-order valence-electron chi connectivity index (χ4n) is 4.91. The van der Waals surface area contributed by atoms with Crippen LogP contribution in [0.15, 0.2) is 170 Å². The Kier molecular flexibility index (Phi) is 11.9. The van der Waals surface area contributed by atoms with Crippen LogP contribution in [0, 0.1) is 0 Å². The molecule has 0 aliphatic heterocycles. The van der Waals surface area contributed by atoms with Gasteiger partial charge in [0.25, 0.3) is 0 Å². The van der Waals surface area contributed by atoms with Crippen molar-refractivity contribution in [3.05, 3.63) is 175 Å². The summed E-state index contributed by atoms with van der Waals surface area (Å²) in [6, 6.07) is 61.1. The van der Waals surface area contributed by atoms with Gasteiger partial charge in [-0.15, -0.1) is 10.9 Å². The van der Waals surface area contributed by atoms with Crippen molar-refractivity contribution in [3.8, 4) is 0 Å². The maximum absolute atomic E-state index is 2.59. The Hall–Kier alpha value is -3.08. The predicted molar refractivity (Wildman–Crippen MR) is 178 cm³/mol. The van der Waals surface area contributed by atoms with E-state index in [0.717, 1.165) is 0 Å². The first-order valence-electron chi connectivity index (χ1n) is 13.7. The van der Waals surface area contributed by atoms with Gasteiger partial charge in [-0.2, -0.15) is 6.07 Å². The third kappa shape index (κ3) is 7.81. The first-order chi connectivity index (χ1) is 19.7. The molecule has 0 fully saturated rings. The molecule has 6 aromatic carbocycles. The quantitative estimate of drug-likeness (QED) is 0.0974. The Morgan fingerprint density at radius 2 is 0.902 bits per heavy atom. The van der Waals surface area contributed by atoms with Gasteiger partial charge in [0.05, 0.1) is 0 Å². The van der Waals surface area contributed by atoms with Crippen molar-refractivity contribution in [2.45, 2.75) is 13.0 Å². The minimum absolute atomic E-state index is 0. The minimum Gasteiger partial charge on any atom is -0.748 e. The Bertz CT molecular complexity index is 1420. The van der Waals surface area contributed by atoms with Crippen LogP contribution in [0.25, 0.3) is 0 Å². The Balaban J connectivity index is 0.000000584. The molecule has 6 aromatic rings. The van der Waals surface area contributed by atoms with Gasteiger partial charge in [0.1, 0.15) is 0 Å². The molecular weight excluding hydrogens is 576 g/mol. The molecule has 0 amide bonds. The first-order valence-corrected chi connectivity index (χ1v) is 16.3. The summed E-state index contributed by atoms with van der Waals surface area (Å²) in [6.45, 7) is 2.36. The molecule has 0 aromatic heterocycles. The van der Waals surface area contributed by atoms with Crippen molar-refractivity contribution in [2.75, 3.05) is 7.05 Å². The molecule has 4 heteroatoms. The van der Waals surface area contributed by atoms with E-state index in [1.165, 1.54) is 32.1 Å². The summed E-state index contributed by atoms with van der Waals surface area (Å²) in [5.41, 5.74) is 1.42. The Labute approximate surface area is 258 Å². The normalized spacial score (nSPS) is 11.5. The monoisotopic (exact) mass is 611 g/mol. The number of nitrogens with zero attached hydrogens (tertiary/aromatic N) is 1. The van der Waals surface area contributed by atoms with E-state index in [2.05, 4.69) is 158 Å². The zero-order valence-corrected chi connectivity index (χ0v) is 26.3. The van der Waals surface area contributed by atoms with Crippen molar-refractivity contribution in [2.24, 2.45) is 0 Å². The second-order valence-electron chi connectivity index (χ2n) is 9.57. The van der Waals surface area contributed by atoms with Crippen LogP contribution < -0.4 is 26.5 Å². The molecule has 6 rings (SSSR count). The van der Waals surface area contributed by atoms with E-state index >= 15 is 0 Å². The van der Waals surface area contributed by atoms with Gasteiger partial charge in [-0.1, -0.05) is 128 Å². The average molecular weight is 611 g/mol. The smallest absolute Gasteiger partial charge is 0.0274 e. The summed E-state index contributed by atoms with van der Waals surface area (Å²) in [7, 11) is 1.00. The van der Waals surface area contributed by atoms with Crippen LogP contribution in [-0.4, -0.2) is 11.7 Å². The maximum Gasteiger partial charge on any atom is 0.0274 e. The number of hydrogen-bond donors (Lipinski definition) is 0. The van der Waals surface area contributed by atoms with E-state index in [1.807, 2.05) is 30.3 Å². The number of hydrogen-bond acceptors (Lipinski definition) is 1. The van der Waals surface area contributed by atoms with Crippen molar-refractivity contribution in [1.29, 1.82) is 0 Å². The molecule has 0 aliphatic carbocycles. The van der Waals surface area contributed by atoms with Gasteiger partial charge in [-0.25, -0.2) is 12.1 Å². The molecular formula is C37H35FeNP2-6. The molecule has 0 radical (unpaired) electrons. The van der Waals surface area contributed by atoms with Gasteiger partial charge in [-0.05, 0) is 42.2 Å². The van der Waals surface area contributed by atoms with Gasteiger partial charge in [0.15, 0.2) is 0 Å². The number of benzene rings is 4. The summed E-state index contributed by atoms with van der Waals surface area (Å²) in [5.74, 6) is 0. The summed E-state index contributed by atoms with van der Waals surface area (Å²) >= 11 is 0. The molecule has 1 nitrogen and oxygen atoms in total. The summed E-state index contributed by atoms with van der Waals surface area (Å²) in [6.07, 6.45) is 0. The molecule has 0 heterocycles. The maximum atomic E-state index is 2.59. The van der Waals surface area contributed by atoms with Crippen LogP contribution in [0.4, 0.5) is 0 Å². The summed E-state index contributed by atoms with van der Waals surface area (Å²) in [5, 5.41) is 7.00. The molecule has 0 saturated heterocycles. The van der Waals surface area contributed by atoms with Crippen LogP contribution in [0.3, 0.4) is 0 Å². The first kappa shape index (κ1) is 30.9. The molecule has 0 bridgehead atoms. The van der Waals surface area contributed by atoms with Crippen molar-refractivity contribution in [1.82, 2.24) is 4.67 Å². The van der Waals surface area contributed by atoms with Crippen LogP contribution in [-0.2, 0) is 17.1 Å². The SMILES string of the molecule is C[C@H]([c-]1cccc1P(c1ccccc1)c1ccccc1)N(C)P(c1ccccc1)c1ccccc1.[Fe].[cH-]1[cH-][cH-][cH-][cH-]1. The zero-order chi connectivity index (χ0) is 27.6. The van der Waals surface area contributed by atoms with Crippen LogP contribution >= 0.6 is 16.0 Å². The van der Waals surface area contributed by atoms with E-state index in [0.29, 0.717) is 0 Å². The summed E-state index contributed by atoms with van der Waals surface area (Å²) < 4.78 is 2.59. The third-order valence-electron chi connectivity index (χ3n) is 6.98. The van der Waals surface area contributed by atoms with E-state index in [4.69, 9.17) is 0 Å². The second-order valence-corrected chi connectivity index (χ2v) is 14.0. The van der Waals surface area contributed by atoms with Gasteiger partial charge < -0.3 is 30.3 Å². The molecule has 0 saturated carbocycles. The topological polar surface area (TPSA) is 3.24 Å². The molecule has 0 spiro atoms. The number of rotatable bonds is 8. The fraction of sp³-hybridized carbons (Fsp3) is 0.0811. The molecule has 212 valence electrons. The van der Waals surface area contributed by atoms with Gasteiger partial charge in [-0.3, -0.25) is 4.67 Å². The van der Waals surface area contributed by atoms with E-state index in [9.17, 15) is 0 Å². The van der Waals surface area contributed by atoms with E-state index < -0.39 is 16.0 Å². The van der Waals surface area contributed by atoms with Crippen molar-refractivity contribution in [3.63, 3.8) is 0 Å². The van der Waals surface area contributed by atoms with Crippen molar-refractivity contribution < 1.29 is 17.1 Å². The third-order valence-corrected chi connectivity index (χ3v) is 12.0. The zero-order valence-electron chi connectivity index (χ0n) is 23.4. The van der Waals surface area contributed by atoms with Gasteiger partial charge >= 0.3 is 0 Å². The molecule has 0 unspecified atom stereocenters. The van der Waals surface area contributed by atoms with Crippen LogP contribution in [0.5, 0.6) is 0 Å².